The van der Waals surface area contributed by atoms with E-state index in [0.29, 0.717) is 16.9 Å². The van der Waals surface area contributed by atoms with Gasteiger partial charge < -0.3 is 10.6 Å². The molecule has 6 heteroatoms. The van der Waals surface area contributed by atoms with E-state index in [2.05, 4.69) is 21.6 Å². The number of carbonyl (C=O) groups is 2. The lowest BCUT2D eigenvalue weighted by atomic mass is 10.1. The number of rotatable bonds is 8. The summed E-state index contributed by atoms with van der Waals surface area (Å²) >= 11 is 1.68. The van der Waals surface area contributed by atoms with Gasteiger partial charge in [0.1, 0.15) is 0 Å². The molecule has 0 atom stereocenters. The minimum absolute atomic E-state index is 0.140. The maximum absolute atomic E-state index is 12.6. The lowest BCUT2D eigenvalue weighted by Crippen LogP contribution is -2.33. The van der Waals surface area contributed by atoms with Crippen molar-refractivity contribution in [2.45, 2.75) is 13.5 Å². The van der Waals surface area contributed by atoms with Gasteiger partial charge in [-0.05, 0) is 42.3 Å². The Kier molecular flexibility index (Phi) is 6.94. The van der Waals surface area contributed by atoms with Crippen molar-refractivity contribution in [3.63, 3.8) is 0 Å². The van der Waals surface area contributed by atoms with Gasteiger partial charge in [0, 0.05) is 17.1 Å². The summed E-state index contributed by atoms with van der Waals surface area (Å²) in [7, 11) is 0. The van der Waals surface area contributed by atoms with E-state index in [1.165, 1.54) is 4.88 Å². The van der Waals surface area contributed by atoms with Crippen LogP contribution in [0.15, 0.2) is 72.1 Å². The minimum Gasteiger partial charge on any atom is -0.324 e. The molecule has 0 aliphatic carbocycles. The highest BCUT2D eigenvalue weighted by molar-refractivity contribution is 7.09. The van der Waals surface area contributed by atoms with Gasteiger partial charge in [0.2, 0.25) is 5.91 Å². The maximum Gasteiger partial charge on any atom is 0.257 e. The van der Waals surface area contributed by atoms with Gasteiger partial charge in [0.15, 0.2) is 0 Å². The van der Waals surface area contributed by atoms with Gasteiger partial charge in [-0.15, -0.1) is 11.3 Å². The third-order valence-electron chi connectivity index (χ3n) is 4.25. The Morgan fingerprint density at radius 3 is 2.39 bits per heavy atom. The zero-order chi connectivity index (χ0) is 19.8. The predicted octanol–water partition coefficient (Wildman–Crippen LogP) is 4.46. The van der Waals surface area contributed by atoms with Crippen molar-refractivity contribution in [2.75, 3.05) is 23.7 Å². The summed E-state index contributed by atoms with van der Waals surface area (Å²) in [6, 6.07) is 20.4. The number of amides is 2. The number of benzene rings is 2. The van der Waals surface area contributed by atoms with Crippen LogP contribution in [0.5, 0.6) is 0 Å². The Labute approximate surface area is 169 Å². The second kappa shape index (κ2) is 9.82. The predicted molar refractivity (Wildman–Crippen MR) is 115 cm³/mol. The first-order valence-electron chi connectivity index (χ1n) is 9.15. The van der Waals surface area contributed by atoms with Crippen LogP contribution in [0.2, 0.25) is 0 Å². The van der Waals surface area contributed by atoms with E-state index >= 15 is 0 Å². The molecule has 5 nitrogen and oxygen atoms in total. The van der Waals surface area contributed by atoms with Crippen molar-refractivity contribution in [3.05, 3.63) is 82.6 Å². The molecule has 2 aromatic carbocycles. The molecule has 0 unspecified atom stereocenters. The molecule has 3 aromatic rings. The molecule has 0 saturated carbocycles. The molecule has 2 amide bonds. The molecule has 0 aliphatic heterocycles. The molecule has 0 fully saturated rings. The molecule has 1 aromatic heterocycles. The molecule has 1 heterocycles. The molecular formula is C22H23N3O2S. The van der Waals surface area contributed by atoms with E-state index in [4.69, 9.17) is 0 Å². The highest BCUT2D eigenvalue weighted by Crippen LogP contribution is 2.18. The summed E-state index contributed by atoms with van der Waals surface area (Å²) in [6.45, 7) is 3.80. The Morgan fingerprint density at radius 1 is 0.929 bits per heavy atom. The van der Waals surface area contributed by atoms with Crippen LogP contribution in [0, 0.1) is 0 Å². The molecule has 0 saturated heterocycles. The zero-order valence-electron chi connectivity index (χ0n) is 15.7. The van der Waals surface area contributed by atoms with Gasteiger partial charge in [-0.1, -0.05) is 43.3 Å². The summed E-state index contributed by atoms with van der Waals surface area (Å²) in [4.78, 5) is 28.5. The number of likely N-dealkylation sites (N-methyl/N-ethyl adjacent to an activating group) is 1. The van der Waals surface area contributed by atoms with E-state index in [1.807, 2.05) is 48.7 Å². The molecule has 3 rings (SSSR count). The van der Waals surface area contributed by atoms with E-state index in [0.717, 1.165) is 13.1 Å². The Bertz CT molecular complexity index is 911. The summed E-state index contributed by atoms with van der Waals surface area (Å²) in [5, 5.41) is 7.77. The first-order chi connectivity index (χ1) is 13.7. The molecule has 0 radical (unpaired) electrons. The fraction of sp³-hybridized carbons (Fsp3) is 0.182. The van der Waals surface area contributed by atoms with Gasteiger partial charge in [-0.2, -0.15) is 0 Å². The molecule has 0 aliphatic rings. The van der Waals surface area contributed by atoms with Crippen molar-refractivity contribution >= 4 is 34.5 Å². The third kappa shape index (κ3) is 5.52. The fourth-order valence-electron chi connectivity index (χ4n) is 2.81. The summed E-state index contributed by atoms with van der Waals surface area (Å²) in [5.41, 5.74) is 1.65. The smallest absolute Gasteiger partial charge is 0.257 e. The molecule has 0 bridgehead atoms. The maximum atomic E-state index is 12.6. The lowest BCUT2D eigenvalue weighted by molar-refractivity contribution is -0.117. The summed E-state index contributed by atoms with van der Waals surface area (Å²) < 4.78 is 0. The van der Waals surface area contributed by atoms with Crippen LogP contribution in [0.25, 0.3) is 0 Å². The Morgan fingerprint density at radius 2 is 1.68 bits per heavy atom. The average Bonchev–Trinajstić information content (AvgIpc) is 3.21. The van der Waals surface area contributed by atoms with Crippen LogP contribution in [0.1, 0.15) is 22.2 Å². The Balaban J connectivity index is 1.65. The normalized spacial score (nSPS) is 10.6. The van der Waals surface area contributed by atoms with Gasteiger partial charge in [0.25, 0.3) is 5.91 Å². The van der Waals surface area contributed by atoms with Crippen LogP contribution in [-0.2, 0) is 11.3 Å². The number of hydrogen-bond donors (Lipinski definition) is 2. The van der Waals surface area contributed by atoms with Gasteiger partial charge >= 0.3 is 0 Å². The second-order valence-electron chi connectivity index (χ2n) is 6.30. The van der Waals surface area contributed by atoms with Crippen LogP contribution in [-0.4, -0.2) is 29.8 Å². The third-order valence-corrected chi connectivity index (χ3v) is 5.11. The van der Waals surface area contributed by atoms with E-state index < -0.39 is 0 Å². The van der Waals surface area contributed by atoms with Crippen molar-refractivity contribution in [2.24, 2.45) is 0 Å². The van der Waals surface area contributed by atoms with Crippen molar-refractivity contribution in [3.8, 4) is 0 Å². The van der Waals surface area contributed by atoms with E-state index in [-0.39, 0.29) is 18.4 Å². The van der Waals surface area contributed by atoms with E-state index in [1.54, 1.807) is 35.6 Å². The number of nitrogens with zero attached hydrogens (tertiary/aromatic N) is 1. The monoisotopic (exact) mass is 393 g/mol. The van der Waals surface area contributed by atoms with Crippen LogP contribution < -0.4 is 10.6 Å². The number of thiophene rings is 1. The van der Waals surface area contributed by atoms with E-state index in [9.17, 15) is 9.59 Å². The Hall–Kier alpha value is -2.96. The molecular weight excluding hydrogens is 370 g/mol. The largest absolute Gasteiger partial charge is 0.324 e. The van der Waals surface area contributed by atoms with Gasteiger partial charge in [-0.3, -0.25) is 14.5 Å². The van der Waals surface area contributed by atoms with Crippen molar-refractivity contribution < 1.29 is 9.59 Å². The van der Waals surface area contributed by atoms with Crippen LogP contribution >= 0.6 is 11.3 Å². The molecule has 0 spiro atoms. The van der Waals surface area contributed by atoms with Crippen LogP contribution in [0.3, 0.4) is 0 Å². The topological polar surface area (TPSA) is 61.4 Å². The first kappa shape index (κ1) is 19.8. The minimum atomic E-state index is -0.256. The standard InChI is InChI=1S/C22H23N3O2S/c1-2-25(15-18-11-8-14-28-18)16-21(26)24-20-13-7-6-12-19(20)22(27)23-17-9-4-3-5-10-17/h3-14H,2,15-16H2,1H3,(H,23,27)(H,24,26). The molecule has 2 N–H and O–H groups in total. The number of carbonyl (C=O) groups excluding carboxylic acids is 2. The first-order valence-corrected chi connectivity index (χ1v) is 10.0. The second-order valence-corrected chi connectivity index (χ2v) is 7.33. The molecule has 144 valence electrons. The molecule has 28 heavy (non-hydrogen) atoms. The SMILES string of the molecule is CCN(CC(=O)Nc1ccccc1C(=O)Nc1ccccc1)Cc1cccs1. The van der Waals surface area contributed by atoms with Crippen LogP contribution in [0.4, 0.5) is 11.4 Å². The highest BCUT2D eigenvalue weighted by atomic mass is 32.1. The summed E-state index contributed by atoms with van der Waals surface area (Å²) in [5.74, 6) is -0.397. The lowest BCUT2D eigenvalue weighted by Gasteiger charge is -2.19. The number of nitrogens with one attached hydrogen (secondary N) is 2. The van der Waals surface area contributed by atoms with Gasteiger partial charge in [0.05, 0.1) is 17.8 Å². The quantitative estimate of drug-likeness (QED) is 0.594. The average molecular weight is 394 g/mol. The van der Waals surface area contributed by atoms with Crippen molar-refractivity contribution in [1.29, 1.82) is 0 Å². The van der Waals surface area contributed by atoms with Gasteiger partial charge in [-0.25, -0.2) is 0 Å². The zero-order valence-corrected chi connectivity index (χ0v) is 16.5. The summed E-state index contributed by atoms with van der Waals surface area (Å²) in [6.07, 6.45) is 0. The fourth-order valence-corrected chi connectivity index (χ4v) is 3.55. The number of anilines is 2. The number of hydrogen-bond acceptors (Lipinski definition) is 4. The number of para-hydroxylation sites is 2. The highest BCUT2D eigenvalue weighted by Gasteiger charge is 2.15. The van der Waals surface area contributed by atoms with Crippen molar-refractivity contribution in [1.82, 2.24) is 4.90 Å².